The van der Waals surface area contributed by atoms with Gasteiger partial charge in [-0.15, -0.1) is 0 Å². The van der Waals surface area contributed by atoms with Crippen molar-refractivity contribution < 1.29 is 14.3 Å². The lowest BCUT2D eigenvalue weighted by atomic mass is 10.1. The monoisotopic (exact) mass is 486 g/mol. The van der Waals surface area contributed by atoms with Gasteiger partial charge >= 0.3 is 0 Å². The normalized spacial score (nSPS) is 11.7. The Kier molecular flexibility index (Phi) is 7.37. The van der Waals surface area contributed by atoms with Gasteiger partial charge in [-0.05, 0) is 62.7 Å². The highest BCUT2D eigenvalue weighted by Gasteiger charge is 2.21. The Morgan fingerprint density at radius 2 is 1.57 bits per heavy atom. The number of carbonyl (C=O) groups excluding carboxylic acids is 2. The second-order valence-electron chi connectivity index (χ2n) is 8.41. The number of benzene rings is 3. The smallest absolute Gasteiger partial charge is 0.259 e. The molecule has 1 unspecified atom stereocenters. The molecule has 0 spiro atoms. The Labute approximate surface area is 210 Å². The minimum atomic E-state index is -0.365. The first-order chi connectivity index (χ1) is 16.8. The van der Waals surface area contributed by atoms with Crippen molar-refractivity contribution >= 4 is 29.0 Å². The van der Waals surface area contributed by atoms with E-state index in [9.17, 15) is 9.59 Å². The van der Waals surface area contributed by atoms with Crippen molar-refractivity contribution in [1.29, 1.82) is 0 Å². The number of Topliss-reactive ketones (excluding diaryl/α,β-unsaturated/α-hetero) is 1. The summed E-state index contributed by atoms with van der Waals surface area (Å²) in [6, 6.07) is 26.0. The van der Waals surface area contributed by atoms with Crippen LogP contribution in [0.1, 0.15) is 50.6 Å². The minimum absolute atomic E-state index is 0.0863. The van der Waals surface area contributed by atoms with Gasteiger partial charge in [-0.25, -0.2) is 0 Å². The fourth-order valence-electron chi connectivity index (χ4n) is 4.28. The molecule has 1 aromatic heterocycles. The molecular formula is C29H27ClN2O3. The summed E-state index contributed by atoms with van der Waals surface area (Å²) in [6.07, 6.45) is 0. The van der Waals surface area contributed by atoms with Crippen LogP contribution in [0.5, 0.6) is 5.75 Å². The van der Waals surface area contributed by atoms with E-state index in [1.165, 1.54) is 11.6 Å². The van der Waals surface area contributed by atoms with Crippen LogP contribution < -0.4 is 10.1 Å². The third-order valence-electron chi connectivity index (χ3n) is 6.03. The van der Waals surface area contributed by atoms with Crippen molar-refractivity contribution in [2.45, 2.75) is 26.8 Å². The van der Waals surface area contributed by atoms with Crippen LogP contribution in [0.2, 0.25) is 5.02 Å². The van der Waals surface area contributed by atoms with E-state index in [1.54, 1.807) is 24.3 Å². The number of aryl methyl sites for hydroxylation is 1. The van der Waals surface area contributed by atoms with Gasteiger partial charge in [-0.2, -0.15) is 0 Å². The number of nitrogens with one attached hydrogen (secondary N) is 1. The minimum Gasteiger partial charge on any atom is -0.485 e. The van der Waals surface area contributed by atoms with Crippen LogP contribution in [-0.4, -0.2) is 22.9 Å². The molecule has 6 heteroatoms. The maximum absolute atomic E-state index is 13.1. The van der Waals surface area contributed by atoms with Crippen molar-refractivity contribution in [3.63, 3.8) is 0 Å². The quantitative estimate of drug-likeness (QED) is 0.276. The number of amides is 1. The molecule has 4 aromatic rings. The van der Waals surface area contributed by atoms with Crippen LogP contribution in [0.25, 0.3) is 0 Å². The lowest BCUT2D eigenvalue weighted by Gasteiger charge is -2.19. The molecular weight excluding hydrogens is 460 g/mol. The molecule has 178 valence electrons. The zero-order valence-electron chi connectivity index (χ0n) is 19.9. The average molecular weight is 487 g/mol. The van der Waals surface area contributed by atoms with E-state index >= 15 is 0 Å². The lowest BCUT2D eigenvalue weighted by Crippen LogP contribution is -2.17. The zero-order chi connectivity index (χ0) is 24.9. The Balaban J connectivity index is 1.52. The van der Waals surface area contributed by atoms with Crippen molar-refractivity contribution in [3.8, 4) is 5.75 Å². The number of anilines is 1. The highest BCUT2D eigenvalue weighted by molar-refractivity contribution is 6.31. The first-order valence-corrected chi connectivity index (χ1v) is 11.8. The number of ketones is 1. The molecule has 0 aliphatic heterocycles. The van der Waals surface area contributed by atoms with Crippen LogP contribution in [0.15, 0.2) is 84.9 Å². The number of aromatic nitrogens is 1. The third-order valence-corrected chi connectivity index (χ3v) is 6.27. The van der Waals surface area contributed by atoms with Crippen LogP contribution in [0, 0.1) is 13.8 Å². The Hall–Kier alpha value is -3.83. The average Bonchev–Trinajstić information content (AvgIpc) is 3.17. The van der Waals surface area contributed by atoms with Gasteiger partial charge in [0.2, 0.25) is 5.78 Å². The molecule has 4 rings (SSSR count). The predicted molar refractivity (Wildman–Crippen MR) is 140 cm³/mol. The number of rotatable bonds is 8. The summed E-state index contributed by atoms with van der Waals surface area (Å²) in [7, 11) is 0. The van der Waals surface area contributed by atoms with Crippen LogP contribution in [-0.2, 0) is 0 Å². The Morgan fingerprint density at radius 3 is 2.26 bits per heavy atom. The largest absolute Gasteiger partial charge is 0.485 e. The molecule has 0 bridgehead atoms. The molecule has 1 atom stereocenters. The Bertz CT molecular complexity index is 1350. The van der Waals surface area contributed by atoms with E-state index in [-0.39, 0.29) is 29.9 Å². The second kappa shape index (κ2) is 10.6. The number of para-hydroxylation sites is 1. The van der Waals surface area contributed by atoms with Crippen molar-refractivity contribution in [2.75, 3.05) is 11.9 Å². The molecule has 0 fully saturated rings. The maximum Gasteiger partial charge on any atom is 0.259 e. The number of hydrogen-bond donors (Lipinski definition) is 1. The topological polar surface area (TPSA) is 60.3 Å². The molecule has 0 aliphatic carbocycles. The van der Waals surface area contributed by atoms with Gasteiger partial charge in [-0.3, -0.25) is 9.59 Å². The van der Waals surface area contributed by atoms with Gasteiger partial charge in [0, 0.05) is 27.7 Å². The number of hydrogen-bond acceptors (Lipinski definition) is 3. The van der Waals surface area contributed by atoms with Crippen LogP contribution >= 0.6 is 11.6 Å². The summed E-state index contributed by atoms with van der Waals surface area (Å²) in [4.78, 5) is 26.0. The fourth-order valence-corrected chi connectivity index (χ4v) is 4.45. The molecule has 3 aromatic carbocycles. The van der Waals surface area contributed by atoms with Crippen LogP contribution in [0.4, 0.5) is 5.69 Å². The predicted octanol–water partition coefficient (Wildman–Crippen LogP) is 6.88. The van der Waals surface area contributed by atoms with E-state index < -0.39 is 0 Å². The summed E-state index contributed by atoms with van der Waals surface area (Å²) in [5.74, 6) is -0.229. The van der Waals surface area contributed by atoms with E-state index in [4.69, 9.17) is 16.3 Å². The van der Waals surface area contributed by atoms with Gasteiger partial charge in [0.15, 0.2) is 6.61 Å². The first-order valence-electron chi connectivity index (χ1n) is 11.4. The molecule has 0 saturated carbocycles. The number of carbonyl (C=O) groups is 2. The zero-order valence-corrected chi connectivity index (χ0v) is 20.7. The van der Waals surface area contributed by atoms with Gasteiger partial charge < -0.3 is 14.6 Å². The highest BCUT2D eigenvalue weighted by atomic mass is 35.5. The van der Waals surface area contributed by atoms with Crippen molar-refractivity contribution in [3.05, 3.63) is 118 Å². The second-order valence-corrected chi connectivity index (χ2v) is 8.85. The molecule has 5 nitrogen and oxygen atoms in total. The van der Waals surface area contributed by atoms with Gasteiger partial charge in [0.1, 0.15) is 5.75 Å². The lowest BCUT2D eigenvalue weighted by molar-refractivity contribution is 0.0913. The van der Waals surface area contributed by atoms with E-state index in [0.29, 0.717) is 22.0 Å². The molecule has 0 radical (unpaired) electrons. The van der Waals surface area contributed by atoms with Crippen molar-refractivity contribution in [1.82, 2.24) is 4.57 Å². The number of nitrogens with zero attached hydrogens (tertiary/aromatic N) is 1. The Morgan fingerprint density at radius 1 is 0.914 bits per heavy atom. The number of halogens is 1. The summed E-state index contributed by atoms with van der Waals surface area (Å²) in [5.41, 5.74) is 4.56. The van der Waals surface area contributed by atoms with E-state index in [1.807, 2.05) is 56.3 Å². The van der Waals surface area contributed by atoms with Crippen molar-refractivity contribution in [2.24, 2.45) is 0 Å². The molecule has 1 N–H and O–H groups in total. The third kappa shape index (κ3) is 5.47. The highest BCUT2D eigenvalue weighted by Crippen LogP contribution is 2.27. The summed E-state index contributed by atoms with van der Waals surface area (Å²) < 4.78 is 7.99. The van der Waals surface area contributed by atoms with Gasteiger partial charge in [-0.1, -0.05) is 60.1 Å². The molecule has 35 heavy (non-hydrogen) atoms. The SMILES string of the molecule is Cc1cc(C(=O)COc2ccc(Cl)cc2C(=O)Nc2ccccc2)c(C)n1C(C)c1ccccc1. The maximum atomic E-state index is 13.1. The van der Waals surface area contributed by atoms with Gasteiger partial charge in [0.05, 0.1) is 11.6 Å². The molecule has 0 saturated heterocycles. The van der Waals surface area contributed by atoms with Crippen LogP contribution in [0.3, 0.4) is 0 Å². The fraction of sp³-hybridized carbons (Fsp3) is 0.172. The summed E-state index contributed by atoms with van der Waals surface area (Å²) in [5, 5.41) is 3.23. The molecule has 0 aliphatic rings. The number of ether oxygens (including phenoxy) is 1. The van der Waals surface area contributed by atoms with Gasteiger partial charge in [0.25, 0.3) is 5.91 Å². The van der Waals surface area contributed by atoms with E-state index in [0.717, 1.165) is 11.4 Å². The summed E-state index contributed by atoms with van der Waals surface area (Å²) >= 11 is 6.14. The molecule has 1 amide bonds. The molecule has 1 heterocycles. The first kappa shape index (κ1) is 24.3. The summed E-state index contributed by atoms with van der Waals surface area (Å²) in [6.45, 7) is 5.86. The van der Waals surface area contributed by atoms with E-state index in [2.05, 4.69) is 28.9 Å². The standard InChI is InChI=1S/C29H27ClN2O3/c1-19-16-25(21(3)32(19)20(2)22-10-6-4-7-11-22)27(33)18-35-28-15-14-23(30)17-26(28)29(34)31-24-12-8-5-9-13-24/h4-17,20H,18H2,1-3H3,(H,31,34).